The first-order valence-corrected chi connectivity index (χ1v) is 3.37. The zero-order valence-corrected chi connectivity index (χ0v) is 5.96. The highest BCUT2D eigenvalue weighted by Gasteiger charge is 2.29. The van der Waals surface area contributed by atoms with Gasteiger partial charge in [-0.05, 0) is 13.3 Å². The lowest BCUT2D eigenvalue weighted by atomic mass is 10.0. The fourth-order valence-corrected chi connectivity index (χ4v) is 1.18. The minimum absolute atomic E-state index is 0.0172. The zero-order chi connectivity index (χ0) is 7.56. The molecule has 0 bridgehead atoms. The molecule has 0 spiro atoms. The molecule has 1 saturated heterocycles. The molecule has 4 heteroatoms. The van der Waals surface area contributed by atoms with E-state index in [-0.39, 0.29) is 17.9 Å². The number of amides is 1. The smallest absolute Gasteiger partial charge is 0.239 e. The molecule has 3 N–H and O–H groups in total. The van der Waals surface area contributed by atoms with Crippen LogP contribution in [0.15, 0.2) is 0 Å². The van der Waals surface area contributed by atoms with Crippen molar-refractivity contribution in [3.63, 3.8) is 0 Å². The Hall–Kier alpha value is -0.610. The van der Waals surface area contributed by atoms with Gasteiger partial charge < -0.3 is 4.74 Å². The quantitative estimate of drug-likeness (QED) is 0.293. The van der Waals surface area contributed by atoms with E-state index in [1.807, 2.05) is 6.92 Å². The van der Waals surface area contributed by atoms with E-state index in [9.17, 15) is 4.79 Å². The van der Waals surface area contributed by atoms with Crippen LogP contribution in [0.1, 0.15) is 13.3 Å². The molecule has 1 amide bonds. The van der Waals surface area contributed by atoms with Crippen LogP contribution in [0.4, 0.5) is 0 Å². The molecule has 10 heavy (non-hydrogen) atoms. The third kappa shape index (κ3) is 1.27. The van der Waals surface area contributed by atoms with Crippen molar-refractivity contribution in [3.8, 4) is 0 Å². The molecule has 0 aromatic heterocycles. The van der Waals surface area contributed by atoms with Crippen LogP contribution in [-0.2, 0) is 9.53 Å². The molecule has 0 saturated carbocycles. The summed E-state index contributed by atoms with van der Waals surface area (Å²) in [5, 5.41) is 0. The molecule has 4 nitrogen and oxygen atoms in total. The number of nitrogens with one attached hydrogen (secondary N) is 1. The van der Waals surface area contributed by atoms with Crippen molar-refractivity contribution in [2.75, 3.05) is 6.61 Å². The van der Waals surface area contributed by atoms with E-state index in [0.29, 0.717) is 6.61 Å². The van der Waals surface area contributed by atoms with E-state index in [1.165, 1.54) is 0 Å². The monoisotopic (exact) mass is 144 g/mol. The molecule has 0 aromatic carbocycles. The molecular formula is C6H12N2O2. The first-order chi connectivity index (χ1) is 4.75. The van der Waals surface area contributed by atoms with Crippen molar-refractivity contribution in [1.82, 2.24) is 5.43 Å². The molecule has 2 atom stereocenters. The molecule has 1 heterocycles. The lowest BCUT2D eigenvalue weighted by Crippen LogP contribution is -2.38. The van der Waals surface area contributed by atoms with Gasteiger partial charge in [0, 0.05) is 6.61 Å². The molecule has 0 aromatic rings. The third-order valence-corrected chi connectivity index (χ3v) is 1.86. The first kappa shape index (κ1) is 7.50. The van der Waals surface area contributed by atoms with E-state index in [4.69, 9.17) is 10.6 Å². The Kier molecular flexibility index (Phi) is 2.24. The van der Waals surface area contributed by atoms with E-state index in [0.717, 1.165) is 6.42 Å². The molecule has 1 aliphatic heterocycles. The van der Waals surface area contributed by atoms with Gasteiger partial charge in [0.2, 0.25) is 5.91 Å². The summed E-state index contributed by atoms with van der Waals surface area (Å²) in [6, 6.07) is 0. The van der Waals surface area contributed by atoms with Crippen molar-refractivity contribution in [1.29, 1.82) is 0 Å². The molecule has 1 aliphatic rings. The molecule has 1 fully saturated rings. The third-order valence-electron chi connectivity index (χ3n) is 1.86. The summed E-state index contributed by atoms with van der Waals surface area (Å²) in [6.07, 6.45) is 0.799. The Morgan fingerprint density at radius 2 is 2.50 bits per heavy atom. The van der Waals surface area contributed by atoms with Gasteiger partial charge >= 0.3 is 0 Å². The predicted octanol–water partition coefficient (Wildman–Crippen LogP) is -0.599. The van der Waals surface area contributed by atoms with Crippen LogP contribution in [0, 0.1) is 5.92 Å². The predicted molar refractivity (Wildman–Crippen MR) is 35.9 cm³/mol. The summed E-state index contributed by atoms with van der Waals surface area (Å²) in [5.74, 6) is 4.79. The van der Waals surface area contributed by atoms with Gasteiger partial charge in [-0.2, -0.15) is 0 Å². The highest BCUT2D eigenvalue weighted by Crippen LogP contribution is 2.19. The van der Waals surface area contributed by atoms with E-state index in [2.05, 4.69) is 5.43 Å². The van der Waals surface area contributed by atoms with E-state index < -0.39 is 0 Å². The van der Waals surface area contributed by atoms with Crippen LogP contribution in [0.2, 0.25) is 0 Å². The van der Waals surface area contributed by atoms with Gasteiger partial charge in [-0.1, -0.05) is 0 Å². The van der Waals surface area contributed by atoms with E-state index >= 15 is 0 Å². The second kappa shape index (κ2) is 2.98. The SMILES string of the molecule is C[C@H]1OCC[C@@H]1C(=O)NN. The normalized spacial score (nSPS) is 32.2. The number of rotatable bonds is 1. The highest BCUT2D eigenvalue weighted by molar-refractivity contribution is 5.78. The van der Waals surface area contributed by atoms with Crippen LogP contribution in [0.5, 0.6) is 0 Å². The van der Waals surface area contributed by atoms with Gasteiger partial charge in [-0.3, -0.25) is 10.2 Å². The topological polar surface area (TPSA) is 64.3 Å². The second-order valence-electron chi connectivity index (χ2n) is 2.48. The van der Waals surface area contributed by atoms with Crippen LogP contribution >= 0.6 is 0 Å². The highest BCUT2D eigenvalue weighted by atomic mass is 16.5. The van der Waals surface area contributed by atoms with Crippen molar-refractivity contribution >= 4 is 5.91 Å². The van der Waals surface area contributed by atoms with Crippen molar-refractivity contribution in [2.45, 2.75) is 19.4 Å². The molecule has 58 valence electrons. The number of nitrogens with two attached hydrogens (primary N) is 1. The van der Waals surface area contributed by atoms with Gasteiger partial charge in [0.1, 0.15) is 0 Å². The largest absolute Gasteiger partial charge is 0.378 e. The Morgan fingerprint density at radius 1 is 1.80 bits per heavy atom. The Morgan fingerprint density at radius 3 is 2.90 bits per heavy atom. The maximum atomic E-state index is 10.9. The summed E-state index contributed by atoms with van der Waals surface area (Å²) >= 11 is 0. The maximum absolute atomic E-state index is 10.9. The lowest BCUT2D eigenvalue weighted by molar-refractivity contribution is -0.126. The number of carbonyl (C=O) groups is 1. The van der Waals surface area contributed by atoms with Gasteiger partial charge in [0.25, 0.3) is 0 Å². The van der Waals surface area contributed by atoms with Crippen LogP contribution < -0.4 is 11.3 Å². The van der Waals surface area contributed by atoms with E-state index in [1.54, 1.807) is 0 Å². The molecular weight excluding hydrogens is 132 g/mol. The van der Waals surface area contributed by atoms with Crippen molar-refractivity contribution < 1.29 is 9.53 Å². The number of hydrogen-bond donors (Lipinski definition) is 2. The number of ether oxygens (including phenoxy) is 1. The fraction of sp³-hybridized carbons (Fsp3) is 0.833. The summed E-state index contributed by atoms with van der Waals surface area (Å²) in [4.78, 5) is 10.9. The minimum Gasteiger partial charge on any atom is -0.378 e. The summed E-state index contributed by atoms with van der Waals surface area (Å²) in [7, 11) is 0. The summed E-state index contributed by atoms with van der Waals surface area (Å²) in [5.41, 5.74) is 2.12. The minimum atomic E-state index is -0.120. The van der Waals surface area contributed by atoms with Gasteiger partial charge in [-0.25, -0.2) is 5.84 Å². The standard InChI is InChI=1S/C6H12N2O2/c1-4-5(2-3-10-4)6(9)8-7/h4-5H,2-3,7H2,1H3,(H,8,9)/t4-,5+/m1/s1. The molecule has 0 unspecified atom stereocenters. The molecule has 1 rings (SSSR count). The Labute approximate surface area is 59.7 Å². The lowest BCUT2D eigenvalue weighted by Gasteiger charge is -2.10. The summed E-state index contributed by atoms with van der Waals surface area (Å²) < 4.78 is 5.17. The summed E-state index contributed by atoms with van der Waals surface area (Å²) in [6.45, 7) is 2.55. The number of hydrogen-bond acceptors (Lipinski definition) is 3. The Balaban J connectivity index is 2.46. The average Bonchev–Trinajstić information content (AvgIpc) is 2.34. The maximum Gasteiger partial charge on any atom is 0.239 e. The molecule has 0 aliphatic carbocycles. The molecule has 0 radical (unpaired) electrons. The second-order valence-corrected chi connectivity index (χ2v) is 2.48. The number of carbonyl (C=O) groups excluding carboxylic acids is 1. The van der Waals surface area contributed by atoms with Crippen molar-refractivity contribution in [2.24, 2.45) is 11.8 Å². The van der Waals surface area contributed by atoms with Crippen LogP contribution in [0.25, 0.3) is 0 Å². The van der Waals surface area contributed by atoms with Crippen molar-refractivity contribution in [3.05, 3.63) is 0 Å². The number of hydrazine groups is 1. The van der Waals surface area contributed by atoms with Crippen LogP contribution in [0.3, 0.4) is 0 Å². The first-order valence-electron chi connectivity index (χ1n) is 3.37. The van der Waals surface area contributed by atoms with Gasteiger partial charge in [-0.15, -0.1) is 0 Å². The fourth-order valence-electron chi connectivity index (χ4n) is 1.18. The Bertz CT molecular complexity index is 138. The van der Waals surface area contributed by atoms with Crippen LogP contribution in [-0.4, -0.2) is 18.6 Å². The van der Waals surface area contributed by atoms with Gasteiger partial charge in [0.15, 0.2) is 0 Å². The van der Waals surface area contributed by atoms with Gasteiger partial charge in [0.05, 0.1) is 12.0 Å². The zero-order valence-electron chi connectivity index (χ0n) is 5.96. The average molecular weight is 144 g/mol.